The Morgan fingerprint density at radius 1 is 1.04 bits per heavy atom. The van der Waals surface area contributed by atoms with Crippen LogP contribution in [0.25, 0.3) is 0 Å². The van der Waals surface area contributed by atoms with E-state index < -0.39 is 0 Å². The molecule has 1 aromatic rings. The molecular formula is C18H27N3OS. The number of carbonyl (C=O) groups excluding carboxylic acids is 1. The van der Waals surface area contributed by atoms with Crippen molar-refractivity contribution < 1.29 is 4.79 Å². The molecule has 1 fully saturated rings. The van der Waals surface area contributed by atoms with E-state index in [-0.39, 0.29) is 11.3 Å². The molecule has 0 saturated carbocycles. The number of nitrogens with zero attached hydrogens (tertiary/aromatic N) is 2. The van der Waals surface area contributed by atoms with Gasteiger partial charge in [0.25, 0.3) is 0 Å². The van der Waals surface area contributed by atoms with Crippen LogP contribution in [-0.4, -0.2) is 47.0 Å². The lowest BCUT2D eigenvalue weighted by atomic mass is 9.87. The molecule has 23 heavy (non-hydrogen) atoms. The number of anilines is 1. The van der Waals surface area contributed by atoms with Gasteiger partial charge in [-0.15, -0.1) is 0 Å². The first-order valence-electron chi connectivity index (χ1n) is 8.19. The second-order valence-corrected chi connectivity index (χ2v) is 7.49. The third-order valence-corrected chi connectivity index (χ3v) is 4.59. The first kappa shape index (κ1) is 17.7. The highest BCUT2D eigenvalue weighted by molar-refractivity contribution is 7.80. The van der Waals surface area contributed by atoms with Gasteiger partial charge in [0, 0.05) is 38.8 Å². The molecule has 0 atom stereocenters. The van der Waals surface area contributed by atoms with Crippen LogP contribution in [0.3, 0.4) is 0 Å². The van der Waals surface area contributed by atoms with Crippen LogP contribution in [0.4, 0.5) is 5.69 Å². The first-order chi connectivity index (χ1) is 10.8. The summed E-state index contributed by atoms with van der Waals surface area (Å²) in [5.74, 6) is 0.142. The van der Waals surface area contributed by atoms with Crippen molar-refractivity contribution in [3.8, 4) is 0 Å². The quantitative estimate of drug-likeness (QED) is 0.801. The predicted molar refractivity (Wildman–Crippen MR) is 99.8 cm³/mol. The van der Waals surface area contributed by atoms with Gasteiger partial charge in [0.2, 0.25) is 5.91 Å². The average Bonchev–Trinajstić information content (AvgIpc) is 2.73. The zero-order valence-corrected chi connectivity index (χ0v) is 15.4. The van der Waals surface area contributed by atoms with E-state index in [0.717, 1.165) is 43.4 Å². The molecule has 1 saturated heterocycles. The topological polar surface area (TPSA) is 35.6 Å². The molecule has 5 heteroatoms. The maximum atomic E-state index is 11.5. The predicted octanol–water partition coefficient (Wildman–Crippen LogP) is 3.24. The molecule has 2 rings (SSSR count). The fraction of sp³-hybridized carbons (Fsp3) is 0.556. The summed E-state index contributed by atoms with van der Waals surface area (Å²) in [4.78, 5) is 15.5. The number of nitrogens with one attached hydrogen (secondary N) is 1. The fourth-order valence-electron chi connectivity index (χ4n) is 2.69. The minimum atomic E-state index is 0.142. The Balaban J connectivity index is 1.95. The number of benzene rings is 1. The van der Waals surface area contributed by atoms with Crippen molar-refractivity contribution in [1.82, 2.24) is 9.80 Å². The van der Waals surface area contributed by atoms with Crippen LogP contribution in [0.15, 0.2) is 24.3 Å². The van der Waals surface area contributed by atoms with Crippen LogP contribution in [0.5, 0.6) is 0 Å². The third kappa shape index (κ3) is 4.93. The Kier molecular flexibility index (Phi) is 5.63. The Morgan fingerprint density at radius 3 is 2.17 bits per heavy atom. The molecule has 1 aliphatic heterocycles. The SMILES string of the molecule is CC(=O)N1CCCN(C(=S)Nc2ccc(C(C)(C)C)cc2)CC1. The molecule has 0 radical (unpaired) electrons. The van der Waals surface area contributed by atoms with E-state index in [0.29, 0.717) is 0 Å². The van der Waals surface area contributed by atoms with E-state index in [1.165, 1.54) is 5.56 Å². The second-order valence-electron chi connectivity index (χ2n) is 7.10. The Bertz CT molecular complexity index is 563. The van der Waals surface area contributed by atoms with Gasteiger partial charge in [0.05, 0.1) is 0 Å². The van der Waals surface area contributed by atoms with Gasteiger partial charge >= 0.3 is 0 Å². The molecule has 1 N–H and O–H groups in total. The maximum absolute atomic E-state index is 11.5. The Hall–Kier alpha value is -1.62. The molecule has 126 valence electrons. The lowest BCUT2D eigenvalue weighted by Gasteiger charge is -2.25. The van der Waals surface area contributed by atoms with Gasteiger partial charge in [-0.25, -0.2) is 0 Å². The molecule has 0 spiro atoms. The molecule has 0 unspecified atom stereocenters. The molecule has 0 aliphatic carbocycles. The largest absolute Gasteiger partial charge is 0.347 e. The third-order valence-electron chi connectivity index (χ3n) is 4.23. The number of thiocarbonyl (C=S) groups is 1. The lowest BCUT2D eigenvalue weighted by Crippen LogP contribution is -2.38. The van der Waals surface area contributed by atoms with Gasteiger partial charge in [-0.1, -0.05) is 32.9 Å². The molecule has 1 aromatic carbocycles. The molecule has 1 amide bonds. The van der Waals surface area contributed by atoms with Gasteiger partial charge < -0.3 is 15.1 Å². The highest BCUT2D eigenvalue weighted by atomic mass is 32.1. The van der Waals surface area contributed by atoms with Crippen LogP contribution in [0, 0.1) is 0 Å². The Labute approximate surface area is 144 Å². The van der Waals surface area contributed by atoms with Crippen molar-refractivity contribution in [2.24, 2.45) is 0 Å². The lowest BCUT2D eigenvalue weighted by molar-refractivity contribution is -0.128. The maximum Gasteiger partial charge on any atom is 0.219 e. The first-order valence-corrected chi connectivity index (χ1v) is 8.60. The van der Waals surface area contributed by atoms with E-state index in [2.05, 4.69) is 55.3 Å². The monoisotopic (exact) mass is 333 g/mol. The summed E-state index contributed by atoms with van der Waals surface area (Å²) in [7, 11) is 0. The van der Waals surface area contributed by atoms with E-state index in [9.17, 15) is 4.79 Å². The minimum Gasteiger partial charge on any atom is -0.347 e. The summed E-state index contributed by atoms with van der Waals surface area (Å²) in [6.45, 7) is 11.5. The van der Waals surface area contributed by atoms with E-state index >= 15 is 0 Å². The van der Waals surface area contributed by atoms with Crippen molar-refractivity contribution in [1.29, 1.82) is 0 Å². The summed E-state index contributed by atoms with van der Waals surface area (Å²) in [6.07, 6.45) is 0.949. The van der Waals surface area contributed by atoms with Gasteiger partial charge in [-0.05, 0) is 41.7 Å². The highest BCUT2D eigenvalue weighted by Crippen LogP contribution is 2.23. The number of amides is 1. The molecular weight excluding hydrogens is 306 g/mol. The standard InChI is InChI=1S/C18H27N3OS/c1-14(22)20-10-5-11-21(13-12-20)17(23)19-16-8-6-15(7-9-16)18(2,3)4/h6-9H,5,10-13H2,1-4H3,(H,19,23). The zero-order valence-electron chi connectivity index (χ0n) is 14.6. The van der Waals surface area contributed by atoms with Gasteiger partial charge in [0.15, 0.2) is 5.11 Å². The summed E-state index contributed by atoms with van der Waals surface area (Å²) < 4.78 is 0. The van der Waals surface area contributed by atoms with Gasteiger partial charge in [-0.2, -0.15) is 0 Å². The van der Waals surface area contributed by atoms with Crippen molar-refractivity contribution in [2.75, 3.05) is 31.5 Å². The van der Waals surface area contributed by atoms with Crippen molar-refractivity contribution in [2.45, 2.75) is 39.5 Å². The van der Waals surface area contributed by atoms with Gasteiger partial charge in [-0.3, -0.25) is 4.79 Å². The van der Waals surface area contributed by atoms with E-state index in [1.54, 1.807) is 6.92 Å². The van der Waals surface area contributed by atoms with E-state index in [1.807, 2.05) is 4.90 Å². The number of hydrogen-bond acceptors (Lipinski definition) is 2. The summed E-state index contributed by atoms with van der Waals surface area (Å²) in [5, 5.41) is 4.05. The zero-order chi connectivity index (χ0) is 17.0. The summed E-state index contributed by atoms with van der Waals surface area (Å²) in [6, 6.07) is 8.44. The summed E-state index contributed by atoms with van der Waals surface area (Å²) in [5.41, 5.74) is 2.47. The molecule has 1 heterocycles. The van der Waals surface area contributed by atoms with Crippen molar-refractivity contribution in [3.63, 3.8) is 0 Å². The molecule has 0 bridgehead atoms. The summed E-state index contributed by atoms with van der Waals surface area (Å²) >= 11 is 5.54. The van der Waals surface area contributed by atoms with Crippen LogP contribution >= 0.6 is 12.2 Å². The number of rotatable bonds is 1. The van der Waals surface area contributed by atoms with Crippen molar-refractivity contribution in [3.05, 3.63) is 29.8 Å². The van der Waals surface area contributed by atoms with E-state index in [4.69, 9.17) is 12.2 Å². The fourth-order valence-corrected chi connectivity index (χ4v) is 2.99. The second kappa shape index (κ2) is 7.30. The van der Waals surface area contributed by atoms with Crippen LogP contribution in [0.1, 0.15) is 39.7 Å². The van der Waals surface area contributed by atoms with Crippen LogP contribution in [-0.2, 0) is 10.2 Å². The van der Waals surface area contributed by atoms with Gasteiger partial charge in [0.1, 0.15) is 0 Å². The van der Waals surface area contributed by atoms with Crippen LogP contribution < -0.4 is 5.32 Å². The van der Waals surface area contributed by atoms with Crippen molar-refractivity contribution >= 4 is 28.9 Å². The average molecular weight is 334 g/mol. The Morgan fingerprint density at radius 2 is 1.61 bits per heavy atom. The highest BCUT2D eigenvalue weighted by Gasteiger charge is 2.18. The molecule has 1 aliphatic rings. The normalized spacial score (nSPS) is 16.0. The number of hydrogen-bond donors (Lipinski definition) is 1. The number of carbonyl (C=O) groups is 1. The van der Waals surface area contributed by atoms with Crippen LogP contribution in [0.2, 0.25) is 0 Å². The molecule has 0 aromatic heterocycles. The molecule has 4 nitrogen and oxygen atoms in total. The minimum absolute atomic E-state index is 0.142. The smallest absolute Gasteiger partial charge is 0.219 e.